The smallest absolute Gasteiger partial charge is 0.317 e. The Labute approximate surface area is 149 Å². The minimum absolute atomic E-state index is 0.00880. The number of carbonyl (C=O) groups excluding carboxylic acids is 1. The number of hydrogen-bond acceptors (Lipinski definition) is 5. The molecule has 6 nitrogen and oxygen atoms in total. The van der Waals surface area contributed by atoms with E-state index in [1.807, 2.05) is 30.0 Å². The standard InChI is InChI=1S/C19H28N2O4/c1-3-21(14-19(23)24)16-8-10-20(11-9-16)12-13-25-18-7-5-4-6-17(18)15(2)22/h4-7,16H,3,8-14H2,1-2H3,(H,23,24). The van der Waals surface area contributed by atoms with Gasteiger partial charge in [-0.25, -0.2) is 0 Å². The van der Waals surface area contributed by atoms with Crippen LogP contribution in [0.25, 0.3) is 0 Å². The first-order chi connectivity index (χ1) is 12.0. The number of carboxylic acid groups (broad SMARTS) is 1. The monoisotopic (exact) mass is 348 g/mol. The van der Waals surface area contributed by atoms with E-state index in [4.69, 9.17) is 9.84 Å². The Balaban J connectivity index is 1.76. The number of carboxylic acids is 1. The van der Waals surface area contributed by atoms with Crippen molar-refractivity contribution in [3.8, 4) is 5.75 Å². The second-order valence-corrected chi connectivity index (χ2v) is 6.43. The Morgan fingerprint density at radius 1 is 1.28 bits per heavy atom. The number of nitrogens with zero attached hydrogens (tertiary/aromatic N) is 2. The molecule has 1 heterocycles. The quantitative estimate of drug-likeness (QED) is 0.690. The van der Waals surface area contributed by atoms with Gasteiger partial charge in [-0.05, 0) is 51.5 Å². The summed E-state index contributed by atoms with van der Waals surface area (Å²) in [7, 11) is 0. The van der Waals surface area contributed by atoms with Crippen LogP contribution in [0.2, 0.25) is 0 Å². The number of rotatable bonds is 9. The molecule has 1 N–H and O–H groups in total. The SMILES string of the molecule is CCN(CC(=O)O)C1CCN(CCOc2ccccc2C(C)=O)CC1. The largest absolute Gasteiger partial charge is 0.491 e. The van der Waals surface area contributed by atoms with Gasteiger partial charge in [0.25, 0.3) is 0 Å². The Hall–Kier alpha value is -1.92. The molecule has 0 radical (unpaired) electrons. The summed E-state index contributed by atoms with van der Waals surface area (Å²) in [6.45, 7) is 7.68. The minimum atomic E-state index is -0.762. The van der Waals surface area contributed by atoms with Crippen molar-refractivity contribution in [1.82, 2.24) is 9.80 Å². The highest BCUT2D eigenvalue weighted by Crippen LogP contribution is 2.19. The summed E-state index contributed by atoms with van der Waals surface area (Å²) >= 11 is 0. The van der Waals surface area contributed by atoms with E-state index in [1.165, 1.54) is 0 Å². The van der Waals surface area contributed by atoms with Crippen molar-refractivity contribution in [3.05, 3.63) is 29.8 Å². The lowest BCUT2D eigenvalue weighted by atomic mass is 10.0. The van der Waals surface area contributed by atoms with Gasteiger partial charge in [0.1, 0.15) is 12.4 Å². The molecule has 0 bridgehead atoms. The summed E-state index contributed by atoms with van der Waals surface area (Å²) in [5.74, 6) is -0.111. The first kappa shape index (κ1) is 19.4. The molecular formula is C19H28N2O4. The Bertz CT molecular complexity index is 583. The summed E-state index contributed by atoms with van der Waals surface area (Å²) in [5.41, 5.74) is 0.619. The Kier molecular flexibility index (Phi) is 7.40. The average Bonchev–Trinajstić information content (AvgIpc) is 2.60. The van der Waals surface area contributed by atoms with Crippen LogP contribution in [0.5, 0.6) is 5.75 Å². The van der Waals surface area contributed by atoms with Crippen LogP contribution >= 0.6 is 0 Å². The fourth-order valence-corrected chi connectivity index (χ4v) is 3.35. The molecule has 0 amide bonds. The zero-order valence-electron chi connectivity index (χ0n) is 15.1. The fourth-order valence-electron chi connectivity index (χ4n) is 3.35. The summed E-state index contributed by atoms with van der Waals surface area (Å²) in [5, 5.41) is 8.99. The number of para-hydroxylation sites is 1. The first-order valence-electron chi connectivity index (χ1n) is 8.92. The van der Waals surface area contributed by atoms with Crippen LogP contribution in [0.1, 0.15) is 37.0 Å². The van der Waals surface area contributed by atoms with E-state index in [9.17, 15) is 9.59 Å². The van der Waals surface area contributed by atoms with Crippen LogP contribution in [-0.4, -0.2) is 72.0 Å². The molecule has 0 atom stereocenters. The van der Waals surface area contributed by atoms with E-state index in [0.29, 0.717) is 24.0 Å². The molecule has 138 valence electrons. The van der Waals surface area contributed by atoms with Crippen molar-refractivity contribution >= 4 is 11.8 Å². The molecule has 1 aromatic carbocycles. The second kappa shape index (κ2) is 9.53. The van der Waals surface area contributed by atoms with Crippen LogP contribution in [0.4, 0.5) is 0 Å². The van der Waals surface area contributed by atoms with Crippen molar-refractivity contribution in [2.75, 3.05) is 39.3 Å². The van der Waals surface area contributed by atoms with Crippen LogP contribution in [0, 0.1) is 0 Å². The lowest BCUT2D eigenvalue weighted by molar-refractivity contribution is -0.139. The molecule has 0 spiro atoms. The van der Waals surface area contributed by atoms with Gasteiger partial charge in [-0.3, -0.25) is 19.4 Å². The number of likely N-dealkylation sites (tertiary alicyclic amines) is 1. The molecule has 0 aromatic heterocycles. The van der Waals surface area contributed by atoms with E-state index < -0.39 is 5.97 Å². The van der Waals surface area contributed by atoms with Crippen LogP contribution in [-0.2, 0) is 4.79 Å². The number of piperidine rings is 1. The number of ether oxygens (including phenoxy) is 1. The van der Waals surface area contributed by atoms with Gasteiger partial charge in [0, 0.05) is 12.6 Å². The van der Waals surface area contributed by atoms with Crippen LogP contribution < -0.4 is 4.74 Å². The molecule has 1 aliphatic heterocycles. The van der Waals surface area contributed by atoms with E-state index >= 15 is 0 Å². The molecule has 0 saturated carbocycles. The van der Waals surface area contributed by atoms with Gasteiger partial charge in [-0.1, -0.05) is 19.1 Å². The summed E-state index contributed by atoms with van der Waals surface area (Å²) in [6, 6.07) is 7.66. The number of likely N-dealkylation sites (N-methyl/N-ethyl adjacent to an activating group) is 1. The van der Waals surface area contributed by atoms with Gasteiger partial charge in [0.2, 0.25) is 0 Å². The van der Waals surface area contributed by atoms with Crippen LogP contribution in [0.15, 0.2) is 24.3 Å². The average molecular weight is 348 g/mol. The third kappa shape index (κ3) is 5.83. The van der Waals surface area contributed by atoms with E-state index in [-0.39, 0.29) is 12.3 Å². The topological polar surface area (TPSA) is 70.1 Å². The van der Waals surface area contributed by atoms with Crippen molar-refractivity contribution in [2.45, 2.75) is 32.7 Å². The molecule has 6 heteroatoms. The Morgan fingerprint density at radius 2 is 1.96 bits per heavy atom. The molecule has 2 rings (SSSR count). The maximum atomic E-state index is 11.6. The number of ketones is 1. The lowest BCUT2D eigenvalue weighted by Gasteiger charge is -2.37. The van der Waals surface area contributed by atoms with Crippen molar-refractivity contribution in [3.63, 3.8) is 0 Å². The molecule has 1 aromatic rings. The predicted octanol–water partition coefficient (Wildman–Crippen LogP) is 2.14. The fraction of sp³-hybridized carbons (Fsp3) is 0.579. The molecule has 25 heavy (non-hydrogen) atoms. The number of Topliss-reactive ketones (excluding diaryl/α,β-unsaturated/α-hetero) is 1. The third-order valence-corrected chi connectivity index (χ3v) is 4.75. The van der Waals surface area contributed by atoms with E-state index in [2.05, 4.69) is 4.90 Å². The third-order valence-electron chi connectivity index (χ3n) is 4.75. The van der Waals surface area contributed by atoms with Gasteiger partial charge in [-0.15, -0.1) is 0 Å². The highest BCUT2D eigenvalue weighted by Gasteiger charge is 2.24. The van der Waals surface area contributed by atoms with Crippen molar-refractivity contribution in [1.29, 1.82) is 0 Å². The summed E-state index contributed by atoms with van der Waals surface area (Å²) in [6.07, 6.45) is 1.95. The van der Waals surface area contributed by atoms with Crippen LogP contribution in [0.3, 0.4) is 0 Å². The van der Waals surface area contributed by atoms with Gasteiger partial charge >= 0.3 is 5.97 Å². The van der Waals surface area contributed by atoms with Crippen molar-refractivity contribution in [2.24, 2.45) is 0 Å². The predicted molar refractivity (Wildman–Crippen MR) is 96.3 cm³/mol. The molecule has 1 saturated heterocycles. The number of aliphatic carboxylic acids is 1. The molecule has 1 aliphatic rings. The Morgan fingerprint density at radius 3 is 2.56 bits per heavy atom. The van der Waals surface area contributed by atoms with Crippen molar-refractivity contribution < 1.29 is 19.4 Å². The highest BCUT2D eigenvalue weighted by molar-refractivity contribution is 5.96. The highest BCUT2D eigenvalue weighted by atomic mass is 16.5. The maximum absolute atomic E-state index is 11.6. The number of benzene rings is 1. The van der Waals surface area contributed by atoms with Gasteiger partial charge in [0.15, 0.2) is 5.78 Å². The van der Waals surface area contributed by atoms with Gasteiger partial charge in [-0.2, -0.15) is 0 Å². The maximum Gasteiger partial charge on any atom is 0.317 e. The second-order valence-electron chi connectivity index (χ2n) is 6.43. The lowest BCUT2D eigenvalue weighted by Crippen LogP contribution is -2.47. The van der Waals surface area contributed by atoms with E-state index in [0.717, 1.165) is 39.0 Å². The molecule has 1 fully saturated rings. The van der Waals surface area contributed by atoms with E-state index in [1.54, 1.807) is 13.0 Å². The first-order valence-corrected chi connectivity index (χ1v) is 8.92. The normalized spacial score (nSPS) is 16.1. The zero-order valence-corrected chi connectivity index (χ0v) is 15.1. The molecule has 0 aliphatic carbocycles. The number of hydrogen-bond donors (Lipinski definition) is 1. The minimum Gasteiger partial charge on any atom is -0.491 e. The molecule has 0 unspecified atom stereocenters. The number of carbonyl (C=O) groups is 2. The molecular weight excluding hydrogens is 320 g/mol. The van der Waals surface area contributed by atoms with Gasteiger partial charge < -0.3 is 9.84 Å². The summed E-state index contributed by atoms with van der Waals surface area (Å²) in [4.78, 5) is 26.9. The van der Waals surface area contributed by atoms with Gasteiger partial charge in [0.05, 0.1) is 12.1 Å². The summed E-state index contributed by atoms with van der Waals surface area (Å²) < 4.78 is 5.80. The zero-order chi connectivity index (χ0) is 18.2.